The molecule has 39 heavy (non-hydrogen) atoms. The molecule has 200 valence electrons. The first-order valence-electron chi connectivity index (χ1n) is 12.2. The number of benzene rings is 2. The first-order valence-corrected chi connectivity index (χ1v) is 14.8. The van der Waals surface area contributed by atoms with E-state index in [4.69, 9.17) is 18.9 Å². The molecule has 6 unspecified atom stereocenters. The predicted molar refractivity (Wildman–Crippen MR) is 149 cm³/mol. The van der Waals surface area contributed by atoms with E-state index in [0.29, 0.717) is 17.9 Å². The molecule has 4 aromatic rings. The molecule has 2 aromatic heterocycles. The van der Waals surface area contributed by atoms with Gasteiger partial charge in [0.1, 0.15) is 46.6 Å². The van der Waals surface area contributed by atoms with Gasteiger partial charge in [0, 0.05) is 33.1 Å². The summed E-state index contributed by atoms with van der Waals surface area (Å²) in [7, 11) is 1.65. The van der Waals surface area contributed by atoms with Crippen molar-refractivity contribution in [3.05, 3.63) is 81.4 Å². The van der Waals surface area contributed by atoms with Crippen LogP contribution >= 0.6 is 39.0 Å². The van der Waals surface area contributed by atoms with Crippen LogP contribution < -0.4 is 0 Å². The van der Waals surface area contributed by atoms with Crippen LogP contribution in [0.1, 0.15) is 29.2 Å². The Morgan fingerprint density at radius 2 is 2.05 bits per heavy atom. The number of aryl methyl sites for hydroxylation is 1. The number of hydrogen-bond donors (Lipinski definition) is 0. The number of aromatic nitrogens is 4. The van der Waals surface area contributed by atoms with E-state index in [1.165, 1.54) is 23.1 Å². The lowest BCUT2D eigenvalue weighted by Gasteiger charge is -2.48. The van der Waals surface area contributed by atoms with Gasteiger partial charge in [0.15, 0.2) is 6.29 Å². The summed E-state index contributed by atoms with van der Waals surface area (Å²) < 4.78 is 28.0. The molecule has 0 amide bonds. The molecule has 12 heteroatoms. The normalized spacial score (nSPS) is 26.6. The van der Waals surface area contributed by atoms with Crippen molar-refractivity contribution in [2.45, 2.75) is 47.9 Å². The van der Waals surface area contributed by atoms with Gasteiger partial charge in [-0.1, -0.05) is 63.2 Å². The fourth-order valence-corrected chi connectivity index (χ4v) is 7.35. The van der Waals surface area contributed by atoms with Gasteiger partial charge in [-0.15, -0.1) is 16.4 Å². The standard InChI is InChI=1S/C27H24BrN5O4S2/c1-15-14-38-25(30-15)19-12-33(32-31-19)22-23-20(13-35-26(37-23)16-6-4-3-5-7-16)36-27(24(22)34-2)39-21-10-18(28)9-8-17(21)11-29/h3-10,12,14,20,22-24,26-27H,13H2,1-2H3. The smallest absolute Gasteiger partial charge is 0.184 e. The molecule has 2 aromatic carbocycles. The highest BCUT2D eigenvalue weighted by Gasteiger charge is 2.52. The molecule has 2 fully saturated rings. The Balaban J connectivity index is 1.37. The van der Waals surface area contributed by atoms with Gasteiger partial charge in [-0.05, 0) is 25.1 Å². The molecular weight excluding hydrogens is 602 g/mol. The van der Waals surface area contributed by atoms with Crippen LogP contribution in [0.4, 0.5) is 0 Å². The third-order valence-electron chi connectivity index (χ3n) is 6.61. The van der Waals surface area contributed by atoms with Crippen molar-refractivity contribution >= 4 is 39.0 Å². The summed E-state index contributed by atoms with van der Waals surface area (Å²) >= 11 is 6.48. The molecule has 6 atom stereocenters. The molecular formula is C27H24BrN5O4S2. The largest absolute Gasteiger partial charge is 0.375 e. The molecule has 6 rings (SSSR count). The monoisotopic (exact) mass is 625 g/mol. The van der Waals surface area contributed by atoms with Crippen LogP contribution in [0.2, 0.25) is 0 Å². The Bertz CT molecular complexity index is 1490. The van der Waals surface area contributed by atoms with Gasteiger partial charge in [-0.25, -0.2) is 9.67 Å². The number of halogens is 1. The van der Waals surface area contributed by atoms with Crippen molar-refractivity contribution in [3.8, 4) is 16.8 Å². The van der Waals surface area contributed by atoms with Gasteiger partial charge in [0.2, 0.25) is 0 Å². The molecule has 0 aliphatic carbocycles. The third kappa shape index (κ3) is 5.40. The van der Waals surface area contributed by atoms with Crippen LogP contribution in [0.25, 0.3) is 10.7 Å². The number of thioether (sulfide) groups is 1. The maximum Gasteiger partial charge on any atom is 0.184 e. The molecule has 0 radical (unpaired) electrons. The first kappa shape index (κ1) is 26.6. The maximum absolute atomic E-state index is 9.71. The van der Waals surface area contributed by atoms with Crippen LogP contribution in [0, 0.1) is 18.3 Å². The van der Waals surface area contributed by atoms with Gasteiger partial charge in [-0.2, -0.15) is 5.26 Å². The molecule has 9 nitrogen and oxygen atoms in total. The highest BCUT2D eigenvalue weighted by atomic mass is 79.9. The number of nitrogens with zero attached hydrogens (tertiary/aromatic N) is 5. The summed E-state index contributed by atoms with van der Waals surface area (Å²) in [4.78, 5) is 5.35. The van der Waals surface area contributed by atoms with Gasteiger partial charge in [0.25, 0.3) is 0 Å². The first-order chi connectivity index (χ1) is 19.0. The fourth-order valence-electron chi connectivity index (χ4n) is 4.80. The predicted octanol–water partition coefficient (Wildman–Crippen LogP) is 5.53. The van der Waals surface area contributed by atoms with E-state index in [-0.39, 0.29) is 6.04 Å². The van der Waals surface area contributed by atoms with Crippen molar-refractivity contribution in [2.75, 3.05) is 13.7 Å². The van der Waals surface area contributed by atoms with Gasteiger partial charge in [0.05, 0.1) is 18.4 Å². The minimum absolute atomic E-state index is 0.324. The molecule has 0 saturated carbocycles. The average Bonchev–Trinajstić information content (AvgIpc) is 3.62. The van der Waals surface area contributed by atoms with Crippen LogP contribution in [0.3, 0.4) is 0 Å². The Kier molecular flexibility index (Phi) is 7.82. The van der Waals surface area contributed by atoms with Crippen molar-refractivity contribution in [1.29, 1.82) is 5.26 Å². The summed E-state index contributed by atoms with van der Waals surface area (Å²) in [6.07, 6.45) is 0.0153. The van der Waals surface area contributed by atoms with E-state index >= 15 is 0 Å². The van der Waals surface area contributed by atoms with E-state index < -0.39 is 30.0 Å². The van der Waals surface area contributed by atoms with Crippen LogP contribution in [-0.2, 0) is 18.9 Å². The number of nitriles is 1. The van der Waals surface area contributed by atoms with E-state index in [1.54, 1.807) is 17.9 Å². The van der Waals surface area contributed by atoms with E-state index in [1.807, 2.05) is 61.0 Å². The lowest BCUT2D eigenvalue weighted by atomic mass is 9.96. The van der Waals surface area contributed by atoms with Crippen LogP contribution in [0.15, 0.2) is 69.5 Å². The number of ether oxygens (including phenoxy) is 4. The number of rotatable bonds is 6. The highest BCUT2D eigenvalue weighted by Crippen LogP contribution is 2.45. The van der Waals surface area contributed by atoms with Crippen LogP contribution in [-0.4, -0.2) is 57.4 Å². The minimum atomic E-state index is -0.555. The molecule has 2 aliphatic heterocycles. The maximum atomic E-state index is 9.71. The lowest BCUT2D eigenvalue weighted by molar-refractivity contribution is -0.308. The van der Waals surface area contributed by atoms with Crippen molar-refractivity contribution in [1.82, 2.24) is 20.0 Å². The minimum Gasteiger partial charge on any atom is -0.375 e. The van der Waals surface area contributed by atoms with Gasteiger partial charge >= 0.3 is 0 Å². The molecule has 0 spiro atoms. The number of fused-ring (bicyclic) bond motifs is 1. The Hall–Kier alpha value is -2.63. The van der Waals surface area contributed by atoms with E-state index in [2.05, 4.69) is 37.3 Å². The SMILES string of the molecule is COC1C(Sc2cc(Br)ccc2C#N)OC2COC(c3ccccc3)OC2C1n1cc(-c2nc(C)cs2)nn1. The number of thiazole rings is 1. The second-order valence-corrected chi connectivity index (χ2v) is 12.1. The lowest BCUT2D eigenvalue weighted by Crippen LogP contribution is -2.59. The zero-order chi connectivity index (χ0) is 26.9. The van der Waals surface area contributed by atoms with Gasteiger partial charge in [-0.3, -0.25) is 0 Å². The van der Waals surface area contributed by atoms with E-state index in [0.717, 1.165) is 25.6 Å². The Labute approximate surface area is 242 Å². The molecule has 2 saturated heterocycles. The van der Waals surface area contributed by atoms with Crippen molar-refractivity contribution in [2.24, 2.45) is 0 Å². The molecule has 0 N–H and O–H groups in total. The average molecular weight is 627 g/mol. The highest BCUT2D eigenvalue weighted by molar-refractivity contribution is 9.10. The Morgan fingerprint density at radius 1 is 1.21 bits per heavy atom. The number of methoxy groups -OCH3 is 1. The van der Waals surface area contributed by atoms with Crippen molar-refractivity contribution in [3.63, 3.8) is 0 Å². The number of hydrogen-bond acceptors (Lipinski definition) is 10. The second-order valence-electron chi connectivity index (χ2n) is 9.16. The fraction of sp³-hybridized carbons (Fsp3) is 0.333. The van der Waals surface area contributed by atoms with E-state index in [9.17, 15) is 5.26 Å². The quantitative estimate of drug-likeness (QED) is 0.273. The van der Waals surface area contributed by atoms with Crippen molar-refractivity contribution < 1.29 is 18.9 Å². The zero-order valence-corrected chi connectivity index (χ0v) is 24.2. The summed E-state index contributed by atoms with van der Waals surface area (Å²) in [5.74, 6) is 0. The summed E-state index contributed by atoms with van der Waals surface area (Å²) in [6.45, 7) is 2.28. The summed E-state index contributed by atoms with van der Waals surface area (Å²) in [5.41, 5.74) is 2.62. The van der Waals surface area contributed by atoms with Gasteiger partial charge < -0.3 is 18.9 Å². The van der Waals surface area contributed by atoms with Crippen LogP contribution in [0.5, 0.6) is 0 Å². The second kappa shape index (κ2) is 11.5. The topological polar surface area (TPSA) is 104 Å². The molecule has 4 heterocycles. The molecule has 0 bridgehead atoms. The summed E-state index contributed by atoms with van der Waals surface area (Å²) in [5, 5.41) is 21.4. The summed E-state index contributed by atoms with van der Waals surface area (Å²) in [6, 6.07) is 17.3. The zero-order valence-electron chi connectivity index (χ0n) is 21.0. The molecule has 2 aliphatic rings. The third-order valence-corrected chi connectivity index (χ3v) is 9.29. The Morgan fingerprint density at radius 3 is 2.79 bits per heavy atom.